The molecule has 0 aliphatic carbocycles. The SMILES string of the molecule is CCC(CC)N(CC(C)C)C(=O)c1cc(N)c(F)cc1Br. The summed E-state index contributed by atoms with van der Waals surface area (Å²) in [6.45, 7) is 8.98. The first-order valence-electron chi connectivity index (χ1n) is 7.37. The monoisotopic (exact) mass is 358 g/mol. The minimum absolute atomic E-state index is 0.00408. The largest absolute Gasteiger partial charge is 0.396 e. The van der Waals surface area contributed by atoms with E-state index in [1.54, 1.807) is 0 Å². The van der Waals surface area contributed by atoms with Crippen LogP contribution in [-0.4, -0.2) is 23.4 Å². The van der Waals surface area contributed by atoms with Gasteiger partial charge >= 0.3 is 0 Å². The minimum atomic E-state index is -0.517. The molecule has 0 aliphatic rings. The zero-order chi connectivity index (χ0) is 16.2. The van der Waals surface area contributed by atoms with Gasteiger partial charge in [-0.25, -0.2) is 4.39 Å². The van der Waals surface area contributed by atoms with Gasteiger partial charge < -0.3 is 10.6 Å². The van der Waals surface area contributed by atoms with Crippen molar-refractivity contribution in [2.24, 2.45) is 5.92 Å². The molecule has 1 aromatic rings. The fourth-order valence-electron chi connectivity index (χ4n) is 2.40. The lowest BCUT2D eigenvalue weighted by molar-refractivity contribution is 0.0639. The number of rotatable bonds is 6. The van der Waals surface area contributed by atoms with Crippen molar-refractivity contribution in [2.75, 3.05) is 12.3 Å². The second kappa shape index (κ2) is 7.78. The van der Waals surface area contributed by atoms with Gasteiger partial charge in [-0.1, -0.05) is 27.7 Å². The normalized spacial score (nSPS) is 11.2. The van der Waals surface area contributed by atoms with Gasteiger partial charge in [-0.15, -0.1) is 0 Å². The Bertz CT molecular complexity index is 501. The van der Waals surface area contributed by atoms with Crippen LogP contribution in [0, 0.1) is 11.7 Å². The van der Waals surface area contributed by atoms with Gasteiger partial charge in [0.1, 0.15) is 5.82 Å². The molecule has 0 heterocycles. The molecule has 3 nitrogen and oxygen atoms in total. The van der Waals surface area contributed by atoms with E-state index in [9.17, 15) is 9.18 Å². The van der Waals surface area contributed by atoms with E-state index in [0.717, 1.165) is 12.8 Å². The Morgan fingerprint density at radius 1 is 1.33 bits per heavy atom. The fourth-order valence-corrected chi connectivity index (χ4v) is 2.89. The van der Waals surface area contributed by atoms with Crippen LogP contribution in [0.4, 0.5) is 10.1 Å². The molecule has 0 spiro atoms. The first kappa shape index (κ1) is 18.0. The lowest BCUT2D eigenvalue weighted by atomic mass is 10.0. The molecule has 0 aromatic heterocycles. The van der Waals surface area contributed by atoms with E-state index in [1.807, 2.05) is 4.90 Å². The van der Waals surface area contributed by atoms with Gasteiger partial charge in [0.25, 0.3) is 5.91 Å². The van der Waals surface area contributed by atoms with Gasteiger partial charge in [-0.3, -0.25) is 4.79 Å². The van der Waals surface area contributed by atoms with Crippen LogP contribution in [0.5, 0.6) is 0 Å². The smallest absolute Gasteiger partial charge is 0.255 e. The average Bonchev–Trinajstić information content (AvgIpc) is 2.42. The highest BCUT2D eigenvalue weighted by atomic mass is 79.9. The molecule has 0 unspecified atom stereocenters. The zero-order valence-corrected chi connectivity index (χ0v) is 14.7. The number of nitrogens with zero attached hydrogens (tertiary/aromatic N) is 1. The van der Waals surface area contributed by atoms with Gasteiger partial charge in [-0.05, 0) is 46.8 Å². The number of nitrogen functional groups attached to an aromatic ring is 1. The summed E-state index contributed by atoms with van der Waals surface area (Å²) in [6.07, 6.45) is 1.78. The maximum atomic E-state index is 13.4. The van der Waals surface area contributed by atoms with Crippen molar-refractivity contribution in [3.63, 3.8) is 0 Å². The predicted molar refractivity (Wildman–Crippen MR) is 88.8 cm³/mol. The van der Waals surface area contributed by atoms with Crippen molar-refractivity contribution in [2.45, 2.75) is 46.6 Å². The van der Waals surface area contributed by atoms with Crippen LogP contribution in [0.3, 0.4) is 0 Å². The highest BCUT2D eigenvalue weighted by Crippen LogP contribution is 2.26. The van der Waals surface area contributed by atoms with Crippen molar-refractivity contribution in [1.29, 1.82) is 0 Å². The molecule has 0 saturated heterocycles. The molecule has 1 aromatic carbocycles. The van der Waals surface area contributed by atoms with Crippen molar-refractivity contribution in [3.8, 4) is 0 Å². The molecule has 0 aliphatic heterocycles. The Balaban J connectivity index is 3.19. The van der Waals surface area contributed by atoms with Gasteiger partial charge in [0.2, 0.25) is 0 Å². The van der Waals surface area contributed by atoms with Crippen LogP contribution in [0.15, 0.2) is 16.6 Å². The number of carbonyl (C=O) groups excluding carboxylic acids is 1. The van der Waals surface area contributed by atoms with Gasteiger partial charge in [-0.2, -0.15) is 0 Å². The molecule has 0 bridgehead atoms. The number of carbonyl (C=O) groups is 1. The lowest BCUT2D eigenvalue weighted by Gasteiger charge is -2.32. The van der Waals surface area contributed by atoms with Crippen LogP contribution >= 0.6 is 15.9 Å². The van der Waals surface area contributed by atoms with E-state index in [-0.39, 0.29) is 17.6 Å². The van der Waals surface area contributed by atoms with E-state index in [4.69, 9.17) is 5.73 Å². The molecule has 1 amide bonds. The van der Waals surface area contributed by atoms with Crippen LogP contribution in [0.25, 0.3) is 0 Å². The quantitative estimate of drug-likeness (QED) is 0.763. The number of amides is 1. The van der Waals surface area contributed by atoms with Gasteiger partial charge in [0.15, 0.2) is 0 Å². The molecule has 0 saturated carbocycles. The number of halogens is 2. The molecule has 5 heteroatoms. The lowest BCUT2D eigenvalue weighted by Crippen LogP contribution is -2.42. The predicted octanol–water partition coefficient (Wildman–Crippen LogP) is 4.46. The number of nitrogens with two attached hydrogens (primary N) is 1. The van der Waals surface area contributed by atoms with E-state index < -0.39 is 5.82 Å². The summed E-state index contributed by atoms with van der Waals surface area (Å²) < 4.78 is 13.9. The molecule has 1 rings (SSSR count). The molecule has 21 heavy (non-hydrogen) atoms. The third-order valence-electron chi connectivity index (χ3n) is 3.52. The Hall–Kier alpha value is -1.10. The van der Waals surface area contributed by atoms with Crippen LogP contribution in [0.1, 0.15) is 50.9 Å². The third-order valence-corrected chi connectivity index (χ3v) is 4.18. The molecular formula is C16H24BrFN2O. The molecule has 2 N–H and O–H groups in total. The topological polar surface area (TPSA) is 46.3 Å². The van der Waals surface area contributed by atoms with E-state index in [0.29, 0.717) is 22.5 Å². The first-order valence-corrected chi connectivity index (χ1v) is 8.16. The van der Waals surface area contributed by atoms with E-state index >= 15 is 0 Å². The molecule has 0 fully saturated rings. The summed E-state index contributed by atoms with van der Waals surface area (Å²) in [6, 6.07) is 2.85. The summed E-state index contributed by atoms with van der Waals surface area (Å²) in [7, 11) is 0. The second-order valence-electron chi connectivity index (χ2n) is 5.68. The summed E-state index contributed by atoms with van der Waals surface area (Å²) in [5, 5.41) is 0. The average molecular weight is 359 g/mol. The standard InChI is InChI=1S/C16H24BrFN2O/c1-5-11(6-2)20(9-10(3)4)16(21)12-7-15(19)14(18)8-13(12)17/h7-8,10-11H,5-6,9,19H2,1-4H3. The Kier molecular flexibility index (Phi) is 6.65. The fraction of sp³-hybridized carbons (Fsp3) is 0.562. The van der Waals surface area contributed by atoms with Gasteiger partial charge in [0.05, 0.1) is 11.3 Å². The summed E-state index contributed by atoms with van der Waals surface area (Å²) in [5.41, 5.74) is 6.02. The molecular weight excluding hydrogens is 335 g/mol. The maximum absolute atomic E-state index is 13.4. The molecule has 0 radical (unpaired) electrons. The Morgan fingerprint density at radius 2 is 1.90 bits per heavy atom. The number of benzene rings is 1. The zero-order valence-electron chi connectivity index (χ0n) is 13.1. The summed E-state index contributed by atoms with van der Waals surface area (Å²) >= 11 is 3.27. The van der Waals surface area contributed by atoms with Crippen molar-refractivity contribution in [3.05, 3.63) is 28.0 Å². The first-order chi connectivity index (χ1) is 9.81. The third kappa shape index (κ3) is 4.43. The Morgan fingerprint density at radius 3 is 2.38 bits per heavy atom. The minimum Gasteiger partial charge on any atom is -0.396 e. The molecule has 118 valence electrons. The number of hydrogen-bond donors (Lipinski definition) is 1. The van der Waals surface area contributed by atoms with Crippen LogP contribution in [0.2, 0.25) is 0 Å². The highest BCUT2D eigenvalue weighted by Gasteiger charge is 2.25. The number of anilines is 1. The summed E-state index contributed by atoms with van der Waals surface area (Å²) in [4.78, 5) is 14.7. The van der Waals surface area contributed by atoms with Crippen molar-refractivity contribution in [1.82, 2.24) is 4.90 Å². The van der Waals surface area contributed by atoms with Crippen LogP contribution < -0.4 is 5.73 Å². The maximum Gasteiger partial charge on any atom is 0.255 e. The van der Waals surface area contributed by atoms with Crippen LogP contribution in [-0.2, 0) is 0 Å². The number of hydrogen-bond acceptors (Lipinski definition) is 2. The summed E-state index contributed by atoms with van der Waals surface area (Å²) in [5.74, 6) is -0.251. The highest BCUT2D eigenvalue weighted by molar-refractivity contribution is 9.10. The van der Waals surface area contributed by atoms with E-state index in [1.165, 1.54) is 12.1 Å². The van der Waals surface area contributed by atoms with E-state index in [2.05, 4.69) is 43.6 Å². The van der Waals surface area contributed by atoms with Crippen molar-refractivity contribution < 1.29 is 9.18 Å². The van der Waals surface area contributed by atoms with Gasteiger partial charge in [0, 0.05) is 17.1 Å². The Labute approximate surface area is 134 Å². The second-order valence-corrected chi connectivity index (χ2v) is 6.53. The molecule has 0 atom stereocenters. The van der Waals surface area contributed by atoms with Crippen molar-refractivity contribution >= 4 is 27.5 Å².